The van der Waals surface area contributed by atoms with Crippen molar-refractivity contribution in [3.8, 4) is 0 Å². The molecule has 0 fully saturated rings. The number of aromatic carboxylic acids is 1. The molecule has 0 spiro atoms. The molecule has 0 aliphatic carbocycles. The van der Waals surface area contributed by atoms with E-state index >= 15 is 0 Å². The molecule has 0 saturated carbocycles. The topological polar surface area (TPSA) is 77.4 Å². The van der Waals surface area contributed by atoms with Gasteiger partial charge >= 0.3 is 11.7 Å². The predicted octanol–water partition coefficient (Wildman–Crippen LogP) is 2.16. The largest absolute Gasteiger partial charge is 0.475 e. The molecule has 3 aromatic rings. The highest BCUT2D eigenvalue weighted by Gasteiger charge is 2.20. The lowest BCUT2D eigenvalue weighted by molar-refractivity contribution is 0.0663. The van der Waals surface area contributed by atoms with Gasteiger partial charge in [-0.1, -0.05) is 18.2 Å². The fourth-order valence-corrected chi connectivity index (χ4v) is 2.41. The molecule has 6 nitrogen and oxygen atoms in total. The lowest BCUT2D eigenvalue weighted by Crippen LogP contribution is -2.24. The zero-order valence-corrected chi connectivity index (χ0v) is 11.4. The predicted molar refractivity (Wildman–Crippen MR) is 76.6 cm³/mol. The number of para-hydroxylation sites is 1. The number of fused-ring (bicyclic) bond motifs is 1. The lowest BCUT2D eigenvalue weighted by atomic mass is 10.1. The van der Waals surface area contributed by atoms with E-state index < -0.39 is 5.97 Å². The number of carbonyl (C=O) groups is 1. The first-order valence-corrected chi connectivity index (χ1v) is 6.61. The fourth-order valence-electron chi connectivity index (χ4n) is 2.41. The lowest BCUT2D eigenvalue weighted by Gasteiger charge is -2.01. The van der Waals surface area contributed by atoms with Crippen LogP contribution in [0.25, 0.3) is 11.0 Å². The maximum Gasteiger partial charge on any atom is 0.372 e. The Kier molecular flexibility index (Phi) is 3.13. The monoisotopic (exact) mass is 286 g/mol. The van der Waals surface area contributed by atoms with Gasteiger partial charge in [-0.25, -0.2) is 9.59 Å². The van der Waals surface area contributed by atoms with Crippen LogP contribution in [0.4, 0.5) is 0 Å². The smallest absolute Gasteiger partial charge is 0.372 e. The molecule has 0 radical (unpaired) electrons. The molecule has 2 heterocycles. The van der Waals surface area contributed by atoms with E-state index in [1.165, 1.54) is 4.57 Å². The minimum absolute atomic E-state index is 0.118. The summed E-state index contributed by atoms with van der Waals surface area (Å²) in [6, 6.07) is 7.10. The molecule has 6 heteroatoms. The van der Waals surface area contributed by atoms with Gasteiger partial charge in [0.25, 0.3) is 0 Å². The van der Waals surface area contributed by atoms with Crippen molar-refractivity contribution in [2.45, 2.75) is 20.0 Å². The molecule has 0 unspecified atom stereocenters. The maximum absolute atomic E-state index is 12.1. The summed E-state index contributed by atoms with van der Waals surface area (Å²) < 4.78 is 8.42. The average molecular weight is 286 g/mol. The quantitative estimate of drug-likeness (QED) is 0.797. The highest BCUT2D eigenvalue weighted by atomic mass is 16.4. The number of furan rings is 1. The maximum atomic E-state index is 12.1. The second-order valence-electron chi connectivity index (χ2n) is 4.71. The van der Waals surface area contributed by atoms with E-state index in [-0.39, 0.29) is 18.0 Å². The van der Waals surface area contributed by atoms with Crippen molar-refractivity contribution in [1.82, 2.24) is 9.13 Å². The molecule has 3 rings (SSSR count). The Balaban J connectivity index is 2.14. The molecule has 108 valence electrons. The highest BCUT2D eigenvalue weighted by molar-refractivity contribution is 5.95. The number of nitrogens with zero attached hydrogens (tertiary/aromatic N) is 2. The Morgan fingerprint density at radius 1 is 1.24 bits per heavy atom. The van der Waals surface area contributed by atoms with Gasteiger partial charge in [0, 0.05) is 29.9 Å². The summed E-state index contributed by atoms with van der Waals surface area (Å²) in [7, 11) is 0. The van der Waals surface area contributed by atoms with Gasteiger partial charge in [0.2, 0.25) is 5.76 Å². The van der Waals surface area contributed by atoms with E-state index in [0.717, 1.165) is 0 Å². The number of hydrogen-bond donors (Lipinski definition) is 1. The third kappa shape index (κ3) is 2.14. The van der Waals surface area contributed by atoms with Gasteiger partial charge in [-0.2, -0.15) is 0 Å². The van der Waals surface area contributed by atoms with Crippen LogP contribution in [0.3, 0.4) is 0 Å². The summed E-state index contributed by atoms with van der Waals surface area (Å²) in [6.45, 7) is 2.62. The summed E-state index contributed by atoms with van der Waals surface area (Å²) in [6.07, 6.45) is 3.34. The van der Waals surface area contributed by atoms with Crippen LogP contribution >= 0.6 is 0 Å². The normalized spacial score (nSPS) is 11.1. The van der Waals surface area contributed by atoms with Crippen LogP contribution in [0.2, 0.25) is 0 Å². The summed E-state index contributed by atoms with van der Waals surface area (Å²) in [4.78, 5) is 23.4. The van der Waals surface area contributed by atoms with E-state index in [9.17, 15) is 14.7 Å². The molecule has 1 N–H and O–H groups in total. The number of benzene rings is 1. The highest BCUT2D eigenvalue weighted by Crippen LogP contribution is 2.26. The SMILES string of the molecule is CCn1ccn(Cc2c(C(=O)O)oc3ccccc23)c1=O. The van der Waals surface area contributed by atoms with Crippen LogP contribution in [0.5, 0.6) is 0 Å². The van der Waals surface area contributed by atoms with E-state index in [2.05, 4.69) is 0 Å². The first-order valence-electron chi connectivity index (χ1n) is 6.61. The van der Waals surface area contributed by atoms with Crippen molar-refractivity contribution in [2.75, 3.05) is 0 Å². The number of aryl methyl sites for hydroxylation is 1. The fraction of sp³-hybridized carbons (Fsp3) is 0.200. The molecule has 0 aliphatic heterocycles. The second-order valence-corrected chi connectivity index (χ2v) is 4.71. The Hall–Kier alpha value is -2.76. The molecule has 0 aliphatic rings. The van der Waals surface area contributed by atoms with Crippen molar-refractivity contribution < 1.29 is 14.3 Å². The first kappa shape index (κ1) is 13.2. The Bertz CT molecular complexity index is 869. The van der Waals surface area contributed by atoms with Crippen LogP contribution < -0.4 is 5.69 Å². The number of rotatable bonds is 4. The van der Waals surface area contributed by atoms with E-state index in [1.807, 2.05) is 13.0 Å². The Morgan fingerprint density at radius 2 is 1.95 bits per heavy atom. The van der Waals surface area contributed by atoms with Gasteiger partial charge in [0.05, 0.1) is 6.54 Å². The molecule has 0 atom stereocenters. The zero-order valence-electron chi connectivity index (χ0n) is 11.4. The molecule has 1 aromatic carbocycles. The number of hydrogen-bond acceptors (Lipinski definition) is 3. The third-order valence-corrected chi connectivity index (χ3v) is 3.48. The van der Waals surface area contributed by atoms with Crippen molar-refractivity contribution in [1.29, 1.82) is 0 Å². The molecular weight excluding hydrogens is 272 g/mol. The molecule has 2 aromatic heterocycles. The van der Waals surface area contributed by atoms with Crippen LogP contribution in [0.15, 0.2) is 45.9 Å². The number of carboxylic acid groups (broad SMARTS) is 1. The zero-order chi connectivity index (χ0) is 15.0. The molecular formula is C15H14N2O4. The Labute approximate surface area is 119 Å². The summed E-state index contributed by atoms with van der Waals surface area (Å²) in [5.74, 6) is -1.25. The molecule has 0 amide bonds. The summed E-state index contributed by atoms with van der Waals surface area (Å²) in [5, 5.41) is 9.99. The standard InChI is InChI=1S/C15H14N2O4/c1-2-16-7-8-17(15(16)20)9-11-10-5-3-4-6-12(10)21-13(11)14(18)19/h3-8H,2,9H2,1H3,(H,18,19). The van der Waals surface area contributed by atoms with Gasteiger partial charge < -0.3 is 9.52 Å². The van der Waals surface area contributed by atoms with Gasteiger partial charge in [-0.05, 0) is 13.0 Å². The number of carboxylic acids is 1. The minimum Gasteiger partial charge on any atom is -0.475 e. The van der Waals surface area contributed by atoms with Crippen LogP contribution in [-0.4, -0.2) is 20.2 Å². The van der Waals surface area contributed by atoms with Crippen molar-refractivity contribution in [3.05, 3.63) is 58.5 Å². The van der Waals surface area contributed by atoms with E-state index in [1.54, 1.807) is 35.2 Å². The van der Waals surface area contributed by atoms with Crippen LogP contribution in [0, 0.1) is 0 Å². The number of imidazole rings is 1. The van der Waals surface area contributed by atoms with E-state index in [0.29, 0.717) is 23.1 Å². The minimum atomic E-state index is -1.14. The van der Waals surface area contributed by atoms with Crippen molar-refractivity contribution in [3.63, 3.8) is 0 Å². The average Bonchev–Trinajstić information content (AvgIpc) is 3.02. The van der Waals surface area contributed by atoms with Gasteiger partial charge in [-0.3, -0.25) is 9.13 Å². The van der Waals surface area contributed by atoms with E-state index in [4.69, 9.17) is 4.42 Å². The van der Waals surface area contributed by atoms with Gasteiger partial charge in [0.1, 0.15) is 5.58 Å². The van der Waals surface area contributed by atoms with Gasteiger partial charge in [-0.15, -0.1) is 0 Å². The first-order chi connectivity index (χ1) is 10.1. The van der Waals surface area contributed by atoms with Gasteiger partial charge in [0.15, 0.2) is 0 Å². The van der Waals surface area contributed by atoms with Crippen molar-refractivity contribution >= 4 is 16.9 Å². The summed E-state index contributed by atoms with van der Waals surface area (Å²) >= 11 is 0. The molecule has 21 heavy (non-hydrogen) atoms. The molecule has 0 saturated heterocycles. The van der Waals surface area contributed by atoms with Crippen LogP contribution in [0.1, 0.15) is 23.0 Å². The van der Waals surface area contributed by atoms with Crippen LogP contribution in [-0.2, 0) is 13.1 Å². The summed E-state index contributed by atoms with van der Waals surface area (Å²) in [5.41, 5.74) is 0.848. The molecule has 0 bridgehead atoms. The second kappa shape index (κ2) is 4.97. The Morgan fingerprint density at radius 3 is 2.62 bits per heavy atom. The third-order valence-electron chi connectivity index (χ3n) is 3.48. The number of aromatic nitrogens is 2. The van der Waals surface area contributed by atoms with Crippen molar-refractivity contribution in [2.24, 2.45) is 0 Å².